The first-order valence-electron chi connectivity index (χ1n) is 7.68. The van der Waals surface area contributed by atoms with Crippen LogP contribution in [0.25, 0.3) is 0 Å². The van der Waals surface area contributed by atoms with Gasteiger partial charge in [-0.2, -0.15) is 0 Å². The summed E-state index contributed by atoms with van der Waals surface area (Å²) in [6.07, 6.45) is 4.05. The monoisotopic (exact) mass is 274 g/mol. The van der Waals surface area contributed by atoms with Gasteiger partial charge in [0.2, 0.25) is 6.79 Å². The fourth-order valence-corrected chi connectivity index (χ4v) is 3.50. The molecule has 0 spiro atoms. The Balaban J connectivity index is 1.38. The van der Waals surface area contributed by atoms with Crippen LogP contribution in [0.15, 0.2) is 18.2 Å². The van der Waals surface area contributed by atoms with E-state index < -0.39 is 0 Å². The molecule has 0 radical (unpaired) electrons. The summed E-state index contributed by atoms with van der Waals surface area (Å²) in [5, 5.41) is 3.69. The van der Waals surface area contributed by atoms with Gasteiger partial charge in [-0.25, -0.2) is 0 Å². The van der Waals surface area contributed by atoms with Crippen LogP contribution in [0.1, 0.15) is 31.7 Å². The third-order valence-electron chi connectivity index (χ3n) is 4.70. The number of para-hydroxylation sites is 1. The topological polar surface area (TPSA) is 33.7 Å². The number of ether oxygens (including phenoxy) is 2. The molecule has 2 aliphatic heterocycles. The number of hydrogen-bond acceptors (Lipinski definition) is 4. The fourth-order valence-electron chi connectivity index (χ4n) is 3.50. The Hall–Kier alpha value is -1.26. The minimum Gasteiger partial charge on any atom is -0.454 e. The van der Waals surface area contributed by atoms with Crippen LogP contribution in [0.5, 0.6) is 11.5 Å². The molecule has 0 aromatic heterocycles. The molecule has 2 heterocycles. The van der Waals surface area contributed by atoms with E-state index >= 15 is 0 Å². The van der Waals surface area contributed by atoms with E-state index in [4.69, 9.17) is 9.47 Å². The van der Waals surface area contributed by atoms with Crippen LogP contribution in [0.4, 0.5) is 0 Å². The standard InChI is InChI=1S/C16H22N2O2/c1-11-7-13(9-18(11)14-5-6-14)17-8-12-3-2-4-15-16(12)20-10-19-15/h2-4,11,13-14,17H,5-10H2,1H3. The minimum absolute atomic E-state index is 0.349. The van der Waals surface area contributed by atoms with Gasteiger partial charge in [-0.05, 0) is 32.3 Å². The number of nitrogens with one attached hydrogen (secondary N) is 1. The molecule has 108 valence electrons. The van der Waals surface area contributed by atoms with Gasteiger partial charge in [0.15, 0.2) is 11.5 Å². The van der Waals surface area contributed by atoms with Gasteiger partial charge in [0.05, 0.1) is 0 Å². The van der Waals surface area contributed by atoms with Crippen molar-refractivity contribution in [2.45, 2.75) is 50.9 Å². The van der Waals surface area contributed by atoms with Crippen LogP contribution in [0, 0.1) is 0 Å². The molecule has 0 amide bonds. The molecule has 2 fully saturated rings. The average Bonchev–Trinajstić information content (AvgIpc) is 3.05. The van der Waals surface area contributed by atoms with Crippen molar-refractivity contribution in [2.75, 3.05) is 13.3 Å². The van der Waals surface area contributed by atoms with Crippen molar-refractivity contribution in [3.05, 3.63) is 23.8 Å². The van der Waals surface area contributed by atoms with E-state index in [1.54, 1.807) is 0 Å². The van der Waals surface area contributed by atoms with Crippen LogP contribution in [-0.2, 0) is 6.54 Å². The Bertz CT molecular complexity index is 501. The van der Waals surface area contributed by atoms with Crippen LogP contribution in [0.3, 0.4) is 0 Å². The Morgan fingerprint density at radius 1 is 1.30 bits per heavy atom. The Labute approximate surface area is 120 Å². The Kier molecular flexibility index (Phi) is 3.08. The first-order chi connectivity index (χ1) is 9.81. The third kappa shape index (κ3) is 2.27. The summed E-state index contributed by atoms with van der Waals surface area (Å²) >= 11 is 0. The maximum absolute atomic E-state index is 5.56. The van der Waals surface area contributed by atoms with E-state index in [1.807, 2.05) is 12.1 Å². The molecular weight excluding hydrogens is 252 g/mol. The molecule has 1 N–H and O–H groups in total. The normalized spacial score (nSPS) is 29.1. The zero-order chi connectivity index (χ0) is 13.5. The van der Waals surface area contributed by atoms with Gasteiger partial charge in [-0.1, -0.05) is 12.1 Å². The number of rotatable bonds is 4. The second kappa shape index (κ2) is 4.93. The molecule has 20 heavy (non-hydrogen) atoms. The van der Waals surface area contributed by atoms with Crippen molar-refractivity contribution >= 4 is 0 Å². The number of nitrogens with zero attached hydrogens (tertiary/aromatic N) is 1. The molecule has 1 aromatic carbocycles. The zero-order valence-corrected chi connectivity index (χ0v) is 12.0. The van der Waals surface area contributed by atoms with Crippen molar-refractivity contribution in [2.24, 2.45) is 0 Å². The van der Waals surface area contributed by atoms with Gasteiger partial charge >= 0.3 is 0 Å². The van der Waals surface area contributed by atoms with E-state index in [-0.39, 0.29) is 0 Å². The maximum atomic E-state index is 5.56. The maximum Gasteiger partial charge on any atom is 0.231 e. The van der Waals surface area contributed by atoms with E-state index in [2.05, 4.69) is 23.2 Å². The lowest BCUT2D eigenvalue weighted by Gasteiger charge is -2.19. The summed E-state index contributed by atoms with van der Waals surface area (Å²) in [7, 11) is 0. The average molecular weight is 274 g/mol. The van der Waals surface area contributed by atoms with Crippen LogP contribution in [0.2, 0.25) is 0 Å². The number of hydrogen-bond donors (Lipinski definition) is 1. The first kappa shape index (κ1) is 12.5. The Morgan fingerprint density at radius 2 is 2.20 bits per heavy atom. The number of benzene rings is 1. The van der Waals surface area contributed by atoms with Crippen molar-refractivity contribution in [3.8, 4) is 11.5 Å². The predicted molar refractivity (Wildman–Crippen MR) is 77.0 cm³/mol. The zero-order valence-electron chi connectivity index (χ0n) is 12.0. The third-order valence-corrected chi connectivity index (χ3v) is 4.70. The molecule has 1 saturated carbocycles. The molecule has 1 saturated heterocycles. The molecule has 4 rings (SSSR count). The molecule has 3 aliphatic rings. The van der Waals surface area contributed by atoms with Crippen molar-refractivity contribution < 1.29 is 9.47 Å². The first-order valence-corrected chi connectivity index (χ1v) is 7.68. The summed E-state index contributed by atoms with van der Waals surface area (Å²) in [6, 6.07) is 8.33. The highest BCUT2D eigenvalue weighted by molar-refractivity contribution is 5.48. The SMILES string of the molecule is CC1CC(NCc2cccc3c2OCO3)CN1C1CC1. The quantitative estimate of drug-likeness (QED) is 0.912. The lowest BCUT2D eigenvalue weighted by molar-refractivity contribution is 0.173. The molecular formula is C16H22N2O2. The second-order valence-electron chi connectivity index (χ2n) is 6.24. The van der Waals surface area contributed by atoms with E-state index in [1.165, 1.54) is 31.4 Å². The molecule has 4 nitrogen and oxygen atoms in total. The van der Waals surface area contributed by atoms with Crippen molar-refractivity contribution in [1.82, 2.24) is 10.2 Å². The highest BCUT2D eigenvalue weighted by Crippen LogP contribution is 2.36. The number of fused-ring (bicyclic) bond motifs is 1. The minimum atomic E-state index is 0.349. The van der Waals surface area contributed by atoms with Gasteiger partial charge in [0.25, 0.3) is 0 Å². The molecule has 2 atom stereocenters. The lowest BCUT2D eigenvalue weighted by atomic mass is 10.1. The molecule has 1 aromatic rings. The van der Waals surface area contributed by atoms with Crippen LogP contribution < -0.4 is 14.8 Å². The molecule has 1 aliphatic carbocycles. The van der Waals surface area contributed by atoms with E-state index in [0.717, 1.165) is 30.1 Å². The van der Waals surface area contributed by atoms with Gasteiger partial charge in [-0.15, -0.1) is 0 Å². The summed E-state index contributed by atoms with van der Waals surface area (Å²) in [5.41, 5.74) is 1.21. The van der Waals surface area contributed by atoms with Gasteiger partial charge in [-0.3, -0.25) is 4.90 Å². The van der Waals surface area contributed by atoms with Crippen molar-refractivity contribution in [1.29, 1.82) is 0 Å². The van der Waals surface area contributed by atoms with Gasteiger partial charge < -0.3 is 14.8 Å². The van der Waals surface area contributed by atoms with Crippen LogP contribution >= 0.6 is 0 Å². The molecule has 2 unspecified atom stereocenters. The highest BCUT2D eigenvalue weighted by atomic mass is 16.7. The van der Waals surface area contributed by atoms with Gasteiger partial charge in [0.1, 0.15) is 0 Å². The Morgan fingerprint density at radius 3 is 3.05 bits per heavy atom. The lowest BCUT2D eigenvalue weighted by Crippen LogP contribution is -2.33. The summed E-state index contributed by atoms with van der Waals surface area (Å²) < 4.78 is 11.0. The summed E-state index contributed by atoms with van der Waals surface area (Å²) in [6.45, 7) is 4.76. The molecule has 0 bridgehead atoms. The van der Waals surface area contributed by atoms with Gasteiger partial charge in [0, 0.05) is 36.8 Å². The second-order valence-corrected chi connectivity index (χ2v) is 6.24. The van der Waals surface area contributed by atoms with E-state index in [0.29, 0.717) is 12.8 Å². The summed E-state index contributed by atoms with van der Waals surface area (Å²) in [4.78, 5) is 2.67. The van der Waals surface area contributed by atoms with Crippen LogP contribution in [-0.4, -0.2) is 36.4 Å². The predicted octanol–water partition coefficient (Wildman–Crippen LogP) is 2.13. The highest BCUT2D eigenvalue weighted by Gasteiger charge is 2.38. The fraction of sp³-hybridized carbons (Fsp3) is 0.625. The summed E-state index contributed by atoms with van der Waals surface area (Å²) in [5.74, 6) is 1.80. The van der Waals surface area contributed by atoms with E-state index in [9.17, 15) is 0 Å². The smallest absolute Gasteiger partial charge is 0.231 e. The number of likely N-dealkylation sites (tertiary alicyclic amines) is 1. The largest absolute Gasteiger partial charge is 0.454 e. The van der Waals surface area contributed by atoms with Crippen molar-refractivity contribution in [3.63, 3.8) is 0 Å². The molecule has 4 heteroatoms.